The van der Waals surface area contributed by atoms with Crippen LogP contribution in [0.5, 0.6) is 0 Å². The maximum atomic E-state index is 13.1. The Morgan fingerprint density at radius 1 is 1.00 bits per heavy atom. The molecule has 3 aliphatic rings. The number of carbonyl (C=O) groups is 3. The fourth-order valence-electron chi connectivity index (χ4n) is 5.91. The van der Waals surface area contributed by atoms with Gasteiger partial charge in [0.15, 0.2) is 5.78 Å². The number of rotatable bonds is 10. The zero-order valence-electron chi connectivity index (χ0n) is 23.4. The Kier molecular flexibility index (Phi) is 9.00. The van der Waals surface area contributed by atoms with E-state index in [1.165, 1.54) is 10.5 Å². The van der Waals surface area contributed by atoms with E-state index in [0.29, 0.717) is 43.6 Å². The van der Waals surface area contributed by atoms with Gasteiger partial charge in [-0.3, -0.25) is 19.4 Å². The minimum absolute atomic E-state index is 0.146. The number of piperazine rings is 1. The molecule has 41 heavy (non-hydrogen) atoms. The van der Waals surface area contributed by atoms with Crippen LogP contribution in [0.2, 0.25) is 0 Å². The summed E-state index contributed by atoms with van der Waals surface area (Å²) in [6, 6.07) is 11.5. The molecule has 0 spiro atoms. The van der Waals surface area contributed by atoms with Crippen molar-refractivity contribution < 1.29 is 22.8 Å². The lowest BCUT2D eigenvalue weighted by atomic mass is 10.1. The first-order valence-corrected chi connectivity index (χ1v) is 15.9. The number of pyridine rings is 1. The molecule has 220 valence electrons. The molecule has 0 bridgehead atoms. The van der Waals surface area contributed by atoms with Crippen LogP contribution in [0.1, 0.15) is 41.7 Å². The van der Waals surface area contributed by atoms with Gasteiger partial charge in [-0.15, -0.1) is 0 Å². The Morgan fingerprint density at radius 2 is 1.76 bits per heavy atom. The van der Waals surface area contributed by atoms with E-state index in [4.69, 9.17) is 0 Å². The van der Waals surface area contributed by atoms with Crippen LogP contribution >= 0.6 is 0 Å². The van der Waals surface area contributed by atoms with Gasteiger partial charge in [-0.05, 0) is 62.7 Å². The van der Waals surface area contributed by atoms with Crippen molar-refractivity contribution in [2.75, 3.05) is 57.8 Å². The zero-order valence-corrected chi connectivity index (χ0v) is 24.3. The van der Waals surface area contributed by atoms with E-state index in [9.17, 15) is 22.8 Å². The molecule has 3 saturated heterocycles. The van der Waals surface area contributed by atoms with Crippen molar-refractivity contribution in [3.05, 3.63) is 59.9 Å². The number of nitrogens with zero attached hydrogens (tertiary/aromatic N) is 5. The van der Waals surface area contributed by atoms with Crippen molar-refractivity contribution in [1.29, 1.82) is 0 Å². The number of fused-ring (bicyclic) bond motifs is 1. The number of likely N-dealkylation sites (N-methyl/N-ethyl adjacent to an activating group) is 1. The summed E-state index contributed by atoms with van der Waals surface area (Å²) in [6.45, 7) is 4.57. The fourth-order valence-corrected chi connectivity index (χ4v) is 7.57. The number of aromatic nitrogens is 1. The Morgan fingerprint density at radius 3 is 2.46 bits per heavy atom. The number of likely N-dealkylation sites (tertiary alicyclic amines) is 1. The topological polar surface area (TPSA) is 123 Å². The van der Waals surface area contributed by atoms with Crippen molar-refractivity contribution in [2.24, 2.45) is 0 Å². The van der Waals surface area contributed by atoms with Gasteiger partial charge in [0.05, 0.1) is 18.3 Å². The van der Waals surface area contributed by atoms with Crippen LogP contribution in [0.25, 0.3) is 0 Å². The second-order valence-corrected chi connectivity index (χ2v) is 12.9. The van der Waals surface area contributed by atoms with E-state index in [-0.39, 0.29) is 36.3 Å². The molecular weight excluding hydrogens is 544 g/mol. The van der Waals surface area contributed by atoms with Crippen molar-refractivity contribution in [3.63, 3.8) is 0 Å². The van der Waals surface area contributed by atoms with E-state index in [1.807, 2.05) is 24.3 Å². The molecule has 11 nitrogen and oxygen atoms in total. The number of hydrogen-bond acceptors (Lipinski definition) is 8. The lowest BCUT2D eigenvalue weighted by molar-refractivity contribution is -0.136. The average Bonchev–Trinajstić information content (AvgIpc) is 3.55. The Bertz CT molecular complexity index is 1350. The van der Waals surface area contributed by atoms with Gasteiger partial charge in [0.25, 0.3) is 5.91 Å². The molecule has 3 aliphatic heterocycles. The standard InChI is InChI=1S/C29H38N6O5S/c1-32-16-18-33(19-17-32)24-10-8-22(9-11-24)29(38)31-14-5-3-7-27(37)34-15-12-25-28(34)26(36)20-35(25)41(39,40)21-23-6-2-4-13-30-23/h2,4,6,8-11,13,25,28H,3,5,7,12,14-21H2,1H3,(H,31,38). The summed E-state index contributed by atoms with van der Waals surface area (Å²) in [6.07, 6.45) is 3.40. The van der Waals surface area contributed by atoms with Crippen LogP contribution in [0, 0.1) is 0 Å². The first-order chi connectivity index (χ1) is 19.7. The Hall–Kier alpha value is -3.35. The third-order valence-electron chi connectivity index (χ3n) is 8.21. The second kappa shape index (κ2) is 12.7. The van der Waals surface area contributed by atoms with E-state index in [2.05, 4.69) is 27.1 Å². The predicted molar refractivity (Wildman–Crippen MR) is 155 cm³/mol. The Labute approximate surface area is 241 Å². The molecule has 2 unspecified atom stereocenters. The number of benzene rings is 1. The van der Waals surface area contributed by atoms with Crippen molar-refractivity contribution in [3.8, 4) is 0 Å². The van der Waals surface area contributed by atoms with Gasteiger partial charge in [-0.25, -0.2) is 8.42 Å². The van der Waals surface area contributed by atoms with E-state index in [1.54, 1.807) is 23.1 Å². The molecule has 4 heterocycles. The van der Waals surface area contributed by atoms with Gasteiger partial charge < -0.3 is 20.0 Å². The van der Waals surface area contributed by atoms with Gasteiger partial charge in [-0.1, -0.05) is 6.07 Å². The van der Waals surface area contributed by atoms with Crippen LogP contribution in [0.15, 0.2) is 48.7 Å². The minimum Gasteiger partial charge on any atom is -0.369 e. The molecule has 3 fully saturated rings. The summed E-state index contributed by atoms with van der Waals surface area (Å²) < 4.78 is 27.4. The summed E-state index contributed by atoms with van der Waals surface area (Å²) in [4.78, 5) is 48.6. The van der Waals surface area contributed by atoms with Crippen molar-refractivity contribution in [1.82, 2.24) is 24.4 Å². The summed E-state index contributed by atoms with van der Waals surface area (Å²) in [5, 5.41) is 2.92. The van der Waals surface area contributed by atoms with Crippen molar-refractivity contribution >= 4 is 33.3 Å². The molecule has 2 aromatic rings. The van der Waals surface area contributed by atoms with E-state index < -0.39 is 22.1 Å². The number of unbranched alkanes of at least 4 members (excludes halogenated alkanes) is 1. The maximum Gasteiger partial charge on any atom is 0.251 e. The largest absolute Gasteiger partial charge is 0.369 e. The quantitative estimate of drug-likeness (QED) is 0.414. The number of sulfonamides is 1. The number of ketones is 1. The van der Waals surface area contributed by atoms with Crippen LogP contribution < -0.4 is 10.2 Å². The SMILES string of the molecule is CN1CCN(c2ccc(C(=O)NCCCCC(=O)N3CCC4C3C(=O)CN4S(=O)(=O)Cc3ccccn3)cc2)CC1. The molecule has 5 rings (SSSR count). The van der Waals surface area contributed by atoms with E-state index >= 15 is 0 Å². The van der Waals surface area contributed by atoms with Crippen LogP contribution in [0.4, 0.5) is 5.69 Å². The van der Waals surface area contributed by atoms with Crippen molar-refractivity contribution in [2.45, 2.75) is 43.5 Å². The first kappa shape index (κ1) is 29.2. The second-order valence-electron chi connectivity index (χ2n) is 11.0. The normalized spacial score (nSPS) is 21.7. The summed E-state index contributed by atoms with van der Waals surface area (Å²) >= 11 is 0. The summed E-state index contributed by atoms with van der Waals surface area (Å²) in [5.74, 6) is -0.811. The molecule has 1 aromatic heterocycles. The smallest absolute Gasteiger partial charge is 0.251 e. The van der Waals surface area contributed by atoms with Crippen LogP contribution in [-0.2, 0) is 25.4 Å². The fraction of sp³-hybridized carbons (Fsp3) is 0.517. The molecule has 0 aliphatic carbocycles. The number of Topliss-reactive ketones (excluding diaryl/α,β-unsaturated/α-hetero) is 1. The molecule has 0 saturated carbocycles. The molecule has 2 atom stereocenters. The number of carbonyl (C=O) groups excluding carboxylic acids is 3. The molecule has 12 heteroatoms. The Balaban J connectivity index is 1.05. The number of amides is 2. The van der Waals surface area contributed by atoms with Crippen LogP contribution in [0.3, 0.4) is 0 Å². The number of anilines is 1. The number of nitrogens with one attached hydrogen (secondary N) is 1. The number of hydrogen-bond donors (Lipinski definition) is 1. The maximum absolute atomic E-state index is 13.1. The average molecular weight is 583 g/mol. The zero-order chi connectivity index (χ0) is 29.0. The highest BCUT2D eigenvalue weighted by Crippen LogP contribution is 2.33. The first-order valence-electron chi connectivity index (χ1n) is 14.3. The summed E-state index contributed by atoms with van der Waals surface area (Å²) in [5.41, 5.74) is 2.14. The highest BCUT2D eigenvalue weighted by Gasteiger charge is 2.53. The van der Waals surface area contributed by atoms with Crippen LogP contribution in [-0.4, -0.2) is 110 Å². The molecule has 2 amide bonds. The molecule has 1 aromatic carbocycles. The third kappa shape index (κ3) is 6.77. The van der Waals surface area contributed by atoms with Gasteiger partial charge in [0.1, 0.15) is 11.8 Å². The summed E-state index contributed by atoms with van der Waals surface area (Å²) in [7, 11) is -1.63. The molecule has 0 radical (unpaired) electrons. The highest BCUT2D eigenvalue weighted by atomic mass is 32.2. The lowest BCUT2D eigenvalue weighted by Gasteiger charge is -2.34. The monoisotopic (exact) mass is 582 g/mol. The van der Waals surface area contributed by atoms with Gasteiger partial charge in [-0.2, -0.15) is 4.31 Å². The molecule has 1 N–H and O–H groups in total. The minimum atomic E-state index is -3.75. The predicted octanol–water partition coefficient (Wildman–Crippen LogP) is 1.12. The van der Waals surface area contributed by atoms with E-state index in [0.717, 1.165) is 31.9 Å². The van der Waals surface area contributed by atoms with Gasteiger partial charge in [0.2, 0.25) is 15.9 Å². The highest BCUT2D eigenvalue weighted by molar-refractivity contribution is 7.88. The van der Waals surface area contributed by atoms with Gasteiger partial charge >= 0.3 is 0 Å². The lowest BCUT2D eigenvalue weighted by Crippen LogP contribution is -2.44. The molecular formula is C29H38N6O5S. The third-order valence-corrected chi connectivity index (χ3v) is 9.99. The van der Waals surface area contributed by atoms with Gasteiger partial charge in [0, 0.05) is 63.1 Å².